The molecular weight excluding hydrogens is 254 g/mol. The van der Waals surface area contributed by atoms with Crippen molar-refractivity contribution in [2.24, 2.45) is 0 Å². The van der Waals surface area contributed by atoms with Crippen molar-refractivity contribution < 1.29 is 14.6 Å². The second kappa shape index (κ2) is 7.50. The van der Waals surface area contributed by atoms with Crippen LogP contribution in [0.15, 0.2) is 24.3 Å². The number of fused-ring (bicyclic) bond motifs is 1. The van der Waals surface area contributed by atoms with Gasteiger partial charge in [0.05, 0.1) is 6.61 Å². The maximum Gasteiger partial charge on any atom is 0.161 e. The fourth-order valence-electron chi connectivity index (χ4n) is 2.77. The standard InChI is InChI=1S/C16H25NO3/c1-3-13(4-2)17(9-10-18)11-14-12-19-15-7-5-6-8-16(15)20-14/h5-8,13-14,18H,3-4,9-12H2,1-2H3. The maximum absolute atomic E-state index is 9.25. The Morgan fingerprint density at radius 2 is 1.95 bits per heavy atom. The summed E-state index contributed by atoms with van der Waals surface area (Å²) in [5.41, 5.74) is 0. The molecule has 1 heterocycles. The Kier molecular flexibility index (Phi) is 5.68. The van der Waals surface area contributed by atoms with Gasteiger partial charge in [-0.05, 0) is 25.0 Å². The van der Waals surface area contributed by atoms with Crippen LogP contribution in [0.2, 0.25) is 0 Å². The largest absolute Gasteiger partial charge is 0.486 e. The fraction of sp³-hybridized carbons (Fsp3) is 0.625. The van der Waals surface area contributed by atoms with Crippen LogP contribution < -0.4 is 9.47 Å². The van der Waals surface area contributed by atoms with Crippen LogP contribution in [-0.4, -0.2) is 48.5 Å². The van der Waals surface area contributed by atoms with Crippen LogP contribution in [0.1, 0.15) is 26.7 Å². The van der Waals surface area contributed by atoms with Gasteiger partial charge in [0.1, 0.15) is 12.7 Å². The van der Waals surface area contributed by atoms with Gasteiger partial charge >= 0.3 is 0 Å². The molecule has 20 heavy (non-hydrogen) atoms. The van der Waals surface area contributed by atoms with E-state index < -0.39 is 0 Å². The van der Waals surface area contributed by atoms with Crippen LogP contribution in [0, 0.1) is 0 Å². The van der Waals surface area contributed by atoms with Crippen LogP contribution >= 0.6 is 0 Å². The van der Waals surface area contributed by atoms with E-state index in [0.717, 1.165) is 30.9 Å². The lowest BCUT2D eigenvalue weighted by Crippen LogP contribution is -2.46. The first kappa shape index (κ1) is 15.1. The van der Waals surface area contributed by atoms with Crippen LogP contribution in [0.4, 0.5) is 0 Å². The summed E-state index contributed by atoms with van der Waals surface area (Å²) in [4.78, 5) is 2.31. The fourth-order valence-corrected chi connectivity index (χ4v) is 2.77. The molecular formula is C16H25NO3. The number of aliphatic hydroxyl groups excluding tert-OH is 1. The molecule has 1 N–H and O–H groups in total. The minimum atomic E-state index is 0.0250. The predicted octanol–water partition coefficient (Wildman–Crippen LogP) is 2.31. The van der Waals surface area contributed by atoms with Gasteiger partial charge in [0.15, 0.2) is 11.5 Å². The van der Waals surface area contributed by atoms with Crippen LogP contribution in [0.3, 0.4) is 0 Å². The third-order valence-corrected chi connectivity index (χ3v) is 3.85. The Balaban J connectivity index is 1.98. The lowest BCUT2D eigenvalue weighted by atomic mass is 10.1. The number of rotatable bonds is 7. The number of aliphatic hydroxyl groups is 1. The Bertz CT molecular complexity index is 406. The molecule has 0 fully saturated rings. The van der Waals surface area contributed by atoms with E-state index >= 15 is 0 Å². The van der Waals surface area contributed by atoms with Crippen LogP contribution in [0.5, 0.6) is 11.5 Å². The average Bonchev–Trinajstić information content (AvgIpc) is 2.48. The van der Waals surface area contributed by atoms with E-state index in [1.807, 2.05) is 24.3 Å². The molecule has 0 spiro atoms. The molecule has 1 aliphatic rings. The highest BCUT2D eigenvalue weighted by Gasteiger charge is 2.25. The van der Waals surface area contributed by atoms with Gasteiger partial charge in [-0.1, -0.05) is 26.0 Å². The van der Waals surface area contributed by atoms with Crippen LogP contribution in [0.25, 0.3) is 0 Å². The maximum atomic E-state index is 9.25. The van der Waals surface area contributed by atoms with Gasteiger partial charge in [-0.25, -0.2) is 0 Å². The van der Waals surface area contributed by atoms with E-state index in [1.54, 1.807) is 0 Å². The lowest BCUT2D eigenvalue weighted by molar-refractivity contribution is 0.0367. The minimum Gasteiger partial charge on any atom is -0.486 e. The van der Waals surface area contributed by atoms with E-state index in [4.69, 9.17) is 9.47 Å². The third-order valence-electron chi connectivity index (χ3n) is 3.85. The Morgan fingerprint density at radius 3 is 2.60 bits per heavy atom. The number of hydrogen-bond acceptors (Lipinski definition) is 4. The normalized spacial score (nSPS) is 17.8. The van der Waals surface area contributed by atoms with Crippen molar-refractivity contribution in [3.05, 3.63) is 24.3 Å². The monoisotopic (exact) mass is 279 g/mol. The predicted molar refractivity (Wildman–Crippen MR) is 79.4 cm³/mol. The number of nitrogens with zero attached hydrogens (tertiary/aromatic N) is 1. The molecule has 0 radical (unpaired) electrons. The highest BCUT2D eigenvalue weighted by atomic mass is 16.6. The van der Waals surface area contributed by atoms with Crippen molar-refractivity contribution in [3.8, 4) is 11.5 Å². The summed E-state index contributed by atoms with van der Waals surface area (Å²) < 4.78 is 11.7. The van der Waals surface area contributed by atoms with Crippen molar-refractivity contribution >= 4 is 0 Å². The summed E-state index contributed by atoms with van der Waals surface area (Å²) in [6.07, 6.45) is 2.19. The summed E-state index contributed by atoms with van der Waals surface area (Å²) in [5, 5.41) is 9.25. The topological polar surface area (TPSA) is 41.9 Å². The van der Waals surface area contributed by atoms with E-state index in [9.17, 15) is 5.11 Å². The van der Waals surface area contributed by atoms with Gasteiger partial charge in [0.25, 0.3) is 0 Å². The molecule has 0 amide bonds. The van der Waals surface area contributed by atoms with Crippen molar-refractivity contribution in [2.75, 3.05) is 26.3 Å². The SMILES string of the molecule is CCC(CC)N(CCO)CC1COc2ccccc2O1. The lowest BCUT2D eigenvalue weighted by Gasteiger charge is -2.35. The van der Waals surface area contributed by atoms with Crippen molar-refractivity contribution in [2.45, 2.75) is 38.8 Å². The van der Waals surface area contributed by atoms with Crippen molar-refractivity contribution in [1.82, 2.24) is 4.90 Å². The molecule has 1 unspecified atom stereocenters. The molecule has 1 aromatic rings. The molecule has 4 heteroatoms. The molecule has 1 aliphatic heterocycles. The van der Waals surface area contributed by atoms with E-state index in [-0.39, 0.29) is 12.7 Å². The zero-order chi connectivity index (χ0) is 14.4. The molecule has 2 rings (SSSR count). The van der Waals surface area contributed by atoms with Gasteiger partial charge in [-0.3, -0.25) is 4.90 Å². The molecule has 1 aromatic carbocycles. The third kappa shape index (κ3) is 3.64. The van der Waals surface area contributed by atoms with Gasteiger partial charge < -0.3 is 14.6 Å². The van der Waals surface area contributed by atoms with Crippen molar-refractivity contribution in [1.29, 1.82) is 0 Å². The first-order valence-corrected chi connectivity index (χ1v) is 7.51. The number of para-hydroxylation sites is 2. The zero-order valence-corrected chi connectivity index (χ0v) is 12.4. The highest BCUT2D eigenvalue weighted by Crippen LogP contribution is 2.31. The first-order valence-electron chi connectivity index (χ1n) is 7.51. The van der Waals surface area contributed by atoms with Gasteiger partial charge in [-0.15, -0.1) is 0 Å². The summed E-state index contributed by atoms with van der Waals surface area (Å²) in [7, 11) is 0. The molecule has 0 bridgehead atoms. The molecule has 0 aromatic heterocycles. The summed E-state index contributed by atoms with van der Waals surface area (Å²) in [5.74, 6) is 1.64. The van der Waals surface area contributed by atoms with Crippen molar-refractivity contribution in [3.63, 3.8) is 0 Å². The molecule has 112 valence electrons. The Labute approximate surface area is 121 Å². The molecule has 0 saturated heterocycles. The molecule has 0 aliphatic carbocycles. The van der Waals surface area contributed by atoms with E-state index in [0.29, 0.717) is 19.2 Å². The van der Waals surface area contributed by atoms with Gasteiger partial charge in [-0.2, -0.15) is 0 Å². The summed E-state index contributed by atoms with van der Waals surface area (Å²) >= 11 is 0. The zero-order valence-electron chi connectivity index (χ0n) is 12.4. The Morgan fingerprint density at radius 1 is 1.25 bits per heavy atom. The molecule has 4 nitrogen and oxygen atoms in total. The van der Waals surface area contributed by atoms with Crippen LogP contribution in [-0.2, 0) is 0 Å². The van der Waals surface area contributed by atoms with E-state index in [1.165, 1.54) is 0 Å². The van der Waals surface area contributed by atoms with Gasteiger partial charge in [0.2, 0.25) is 0 Å². The molecule has 0 saturated carbocycles. The molecule has 1 atom stereocenters. The number of hydrogen-bond donors (Lipinski definition) is 1. The number of benzene rings is 1. The van der Waals surface area contributed by atoms with E-state index in [2.05, 4.69) is 18.7 Å². The quantitative estimate of drug-likeness (QED) is 0.831. The van der Waals surface area contributed by atoms with Gasteiger partial charge in [0, 0.05) is 19.1 Å². The first-order chi connectivity index (χ1) is 9.78. The second-order valence-corrected chi connectivity index (χ2v) is 5.19. The number of ether oxygens (including phenoxy) is 2. The smallest absolute Gasteiger partial charge is 0.161 e. The Hall–Kier alpha value is -1.26. The minimum absolute atomic E-state index is 0.0250. The average molecular weight is 279 g/mol. The summed E-state index contributed by atoms with van der Waals surface area (Å²) in [6, 6.07) is 8.26. The second-order valence-electron chi connectivity index (χ2n) is 5.19. The summed E-state index contributed by atoms with van der Waals surface area (Å²) in [6.45, 7) is 6.60. The highest BCUT2D eigenvalue weighted by molar-refractivity contribution is 5.40.